The third-order valence-electron chi connectivity index (χ3n) is 2.73. The molecular formula is C14H13ClFNOS. The summed E-state index contributed by atoms with van der Waals surface area (Å²) >= 11 is 5.70. The molecule has 19 heavy (non-hydrogen) atoms. The zero-order valence-electron chi connectivity index (χ0n) is 10.3. The maximum absolute atomic E-state index is 13.7. The molecule has 0 aliphatic carbocycles. The van der Waals surface area contributed by atoms with Gasteiger partial charge in [-0.15, -0.1) is 0 Å². The van der Waals surface area contributed by atoms with E-state index in [0.717, 1.165) is 5.56 Å². The van der Waals surface area contributed by atoms with E-state index in [-0.39, 0.29) is 10.8 Å². The number of nitrogens with two attached hydrogens (primary N) is 1. The highest BCUT2D eigenvalue weighted by Gasteiger charge is 2.13. The lowest BCUT2D eigenvalue weighted by Crippen LogP contribution is -2.03. The number of hydrogen-bond acceptors (Lipinski definition) is 2. The molecule has 0 fully saturated rings. The summed E-state index contributed by atoms with van der Waals surface area (Å²) in [7, 11) is -1.40. The monoisotopic (exact) mass is 297 g/mol. The Hall–Kier alpha value is -1.39. The van der Waals surface area contributed by atoms with Gasteiger partial charge in [-0.05, 0) is 30.7 Å². The van der Waals surface area contributed by atoms with Crippen LogP contribution in [0.15, 0.2) is 41.3 Å². The number of anilines is 1. The average Bonchev–Trinajstić information content (AvgIpc) is 2.34. The van der Waals surface area contributed by atoms with E-state index in [1.165, 1.54) is 6.07 Å². The van der Waals surface area contributed by atoms with Gasteiger partial charge in [-0.1, -0.05) is 29.8 Å². The van der Waals surface area contributed by atoms with Gasteiger partial charge >= 0.3 is 0 Å². The molecule has 0 saturated heterocycles. The Kier molecular flexibility index (Phi) is 4.22. The van der Waals surface area contributed by atoms with Gasteiger partial charge in [0.1, 0.15) is 5.82 Å². The van der Waals surface area contributed by atoms with E-state index in [4.69, 9.17) is 17.3 Å². The molecule has 100 valence electrons. The molecule has 2 aromatic carbocycles. The summed E-state index contributed by atoms with van der Waals surface area (Å²) in [5, 5.41) is 0.0337. The first-order chi connectivity index (χ1) is 8.99. The van der Waals surface area contributed by atoms with Crippen molar-refractivity contribution in [3.63, 3.8) is 0 Å². The van der Waals surface area contributed by atoms with Crippen molar-refractivity contribution in [1.29, 1.82) is 0 Å². The molecule has 0 saturated carbocycles. The smallest absolute Gasteiger partial charge is 0.145 e. The third-order valence-corrected chi connectivity index (χ3v) is 4.46. The molecule has 2 N–H and O–H groups in total. The van der Waals surface area contributed by atoms with Gasteiger partial charge in [0.15, 0.2) is 0 Å². The largest absolute Gasteiger partial charge is 0.398 e. The summed E-state index contributed by atoms with van der Waals surface area (Å²) in [5.41, 5.74) is 7.61. The number of nitrogen functional groups attached to an aromatic ring is 1. The highest BCUT2D eigenvalue weighted by molar-refractivity contribution is 7.84. The average molecular weight is 298 g/mol. The van der Waals surface area contributed by atoms with Gasteiger partial charge in [-0.25, -0.2) is 4.39 Å². The van der Waals surface area contributed by atoms with Crippen molar-refractivity contribution in [2.45, 2.75) is 17.6 Å². The molecule has 1 unspecified atom stereocenters. The maximum atomic E-state index is 13.7. The van der Waals surface area contributed by atoms with Crippen LogP contribution < -0.4 is 5.73 Å². The fourth-order valence-corrected chi connectivity index (χ4v) is 3.15. The molecule has 2 aromatic rings. The molecule has 0 radical (unpaired) electrons. The van der Waals surface area contributed by atoms with Crippen LogP contribution in [0.2, 0.25) is 5.02 Å². The minimum Gasteiger partial charge on any atom is -0.398 e. The molecule has 0 spiro atoms. The molecule has 2 rings (SSSR count). The van der Waals surface area contributed by atoms with Crippen molar-refractivity contribution in [1.82, 2.24) is 0 Å². The lowest BCUT2D eigenvalue weighted by atomic mass is 10.2. The highest BCUT2D eigenvalue weighted by Crippen LogP contribution is 2.24. The summed E-state index contributed by atoms with van der Waals surface area (Å²) in [6, 6.07) is 9.96. The van der Waals surface area contributed by atoms with E-state index in [1.54, 1.807) is 24.3 Å². The molecule has 2 nitrogen and oxygen atoms in total. The Balaban J connectivity index is 2.28. The standard InChI is InChI=1S/C14H13ClFNOS/c1-9-5-6-13(12(17)7-9)19(18)8-10-3-2-4-11(15)14(10)16/h2-7H,8,17H2,1H3. The minimum atomic E-state index is -1.40. The van der Waals surface area contributed by atoms with E-state index in [0.29, 0.717) is 16.1 Å². The van der Waals surface area contributed by atoms with Gasteiger partial charge in [-0.2, -0.15) is 0 Å². The topological polar surface area (TPSA) is 43.1 Å². The van der Waals surface area contributed by atoms with Gasteiger partial charge < -0.3 is 5.73 Å². The summed E-state index contributed by atoms with van der Waals surface area (Å²) in [6.07, 6.45) is 0. The molecule has 0 bridgehead atoms. The van der Waals surface area contributed by atoms with Crippen molar-refractivity contribution in [3.8, 4) is 0 Å². The number of halogens is 2. The van der Waals surface area contributed by atoms with Gasteiger partial charge in [0.2, 0.25) is 0 Å². The van der Waals surface area contributed by atoms with Crippen LogP contribution in [0.4, 0.5) is 10.1 Å². The Morgan fingerprint density at radius 3 is 2.74 bits per heavy atom. The minimum absolute atomic E-state index is 0.0337. The van der Waals surface area contributed by atoms with Crippen LogP contribution in [-0.2, 0) is 16.6 Å². The summed E-state index contributed by atoms with van der Waals surface area (Å²) in [6.45, 7) is 1.90. The summed E-state index contributed by atoms with van der Waals surface area (Å²) < 4.78 is 26.0. The Bertz CT molecular complexity index is 645. The van der Waals surface area contributed by atoms with Crippen LogP contribution in [0, 0.1) is 12.7 Å². The molecule has 0 aliphatic heterocycles. The quantitative estimate of drug-likeness (QED) is 0.878. The Labute approximate surface area is 118 Å². The predicted octanol–water partition coefficient (Wildman–Crippen LogP) is 3.68. The molecule has 0 heterocycles. The van der Waals surface area contributed by atoms with Crippen molar-refractivity contribution >= 4 is 28.1 Å². The van der Waals surface area contributed by atoms with Crippen LogP contribution >= 0.6 is 11.6 Å². The van der Waals surface area contributed by atoms with Crippen LogP contribution in [-0.4, -0.2) is 4.21 Å². The van der Waals surface area contributed by atoms with E-state index < -0.39 is 16.6 Å². The fraction of sp³-hybridized carbons (Fsp3) is 0.143. The number of benzene rings is 2. The zero-order chi connectivity index (χ0) is 14.0. The van der Waals surface area contributed by atoms with Crippen LogP contribution in [0.25, 0.3) is 0 Å². The van der Waals surface area contributed by atoms with E-state index >= 15 is 0 Å². The number of aryl methyl sites for hydroxylation is 1. The third kappa shape index (κ3) is 3.14. The van der Waals surface area contributed by atoms with Crippen LogP contribution in [0.3, 0.4) is 0 Å². The maximum Gasteiger partial charge on any atom is 0.145 e. The second-order valence-electron chi connectivity index (χ2n) is 4.24. The molecule has 5 heteroatoms. The van der Waals surface area contributed by atoms with Gasteiger partial charge in [0.05, 0.1) is 26.5 Å². The van der Waals surface area contributed by atoms with Crippen molar-refractivity contribution < 1.29 is 8.60 Å². The van der Waals surface area contributed by atoms with Crippen molar-refractivity contribution in [2.75, 3.05) is 5.73 Å². The van der Waals surface area contributed by atoms with Crippen molar-refractivity contribution in [3.05, 3.63) is 58.4 Å². The fourth-order valence-electron chi connectivity index (χ4n) is 1.75. The van der Waals surface area contributed by atoms with Gasteiger partial charge in [-0.3, -0.25) is 4.21 Å². The Morgan fingerprint density at radius 1 is 1.32 bits per heavy atom. The summed E-state index contributed by atoms with van der Waals surface area (Å²) in [4.78, 5) is 0.518. The highest BCUT2D eigenvalue weighted by atomic mass is 35.5. The van der Waals surface area contributed by atoms with E-state index in [2.05, 4.69) is 0 Å². The molecular weight excluding hydrogens is 285 g/mol. The predicted molar refractivity (Wildman–Crippen MR) is 77.1 cm³/mol. The lowest BCUT2D eigenvalue weighted by molar-refractivity contribution is 0.615. The first-order valence-corrected chi connectivity index (χ1v) is 7.36. The molecule has 0 aliphatic rings. The van der Waals surface area contributed by atoms with Gasteiger partial charge in [0, 0.05) is 11.3 Å². The summed E-state index contributed by atoms with van der Waals surface area (Å²) in [5.74, 6) is -0.470. The first-order valence-electron chi connectivity index (χ1n) is 5.66. The Morgan fingerprint density at radius 2 is 2.05 bits per heavy atom. The first kappa shape index (κ1) is 14.0. The second kappa shape index (κ2) is 5.72. The zero-order valence-corrected chi connectivity index (χ0v) is 11.9. The SMILES string of the molecule is Cc1ccc(S(=O)Cc2cccc(Cl)c2F)c(N)c1. The van der Waals surface area contributed by atoms with E-state index in [9.17, 15) is 8.60 Å². The second-order valence-corrected chi connectivity index (χ2v) is 6.07. The lowest BCUT2D eigenvalue weighted by Gasteiger charge is -2.08. The molecule has 0 amide bonds. The van der Waals surface area contributed by atoms with Gasteiger partial charge in [0.25, 0.3) is 0 Å². The number of rotatable bonds is 3. The van der Waals surface area contributed by atoms with Crippen molar-refractivity contribution in [2.24, 2.45) is 0 Å². The van der Waals surface area contributed by atoms with E-state index in [1.807, 2.05) is 13.0 Å². The molecule has 0 aromatic heterocycles. The van der Waals surface area contributed by atoms with Crippen LogP contribution in [0.1, 0.15) is 11.1 Å². The normalized spacial score (nSPS) is 12.4. The van der Waals surface area contributed by atoms with Crippen LogP contribution in [0.5, 0.6) is 0 Å². The number of hydrogen-bond donors (Lipinski definition) is 1. The molecule has 1 atom stereocenters.